The van der Waals surface area contributed by atoms with E-state index in [0.717, 1.165) is 29.8 Å². The normalized spacial score (nSPS) is 12.2. The third-order valence-corrected chi connectivity index (χ3v) is 5.84. The molecule has 2 nitrogen and oxygen atoms in total. The fraction of sp³-hybridized carbons (Fsp3) is 0.400. The van der Waals surface area contributed by atoms with Gasteiger partial charge in [0.05, 0.1) is 18.0 Å². The molecule has 3 rings (SSSR count). The van der Waals surface area contributed by atoms with E-state index in [1.54, 1.807) is 0 Å². The van der Waals surface area contributed by atoms with Crippen LogP contribution < -0.4 is 10.1 Å². The van der Waals surface area contributed by atoms with Crippen molar-refractivity contribution in [1.29, 1.82) is 0 Å². The number of rotatable bonds is 9. The maximum atomic E-state index is 5.93. The number of halogens is 1. The van der Waals surface area contributed by atoms with Gasteiger partial charge in [-0.3, -0.25) is 0 Å². The summed E-state index contributed by atoms with van der Waals surface area (Å²) in [5.74, 6) is 0.959. The molecule has 0 atom stereocenters. The van der Waals surface area contributed by atoms with Crippen molar-refractivity contribution in [2.45, 2.75) is 48.3 Å². The van der Waals surface area contributed by atoms with Crippen LogP contribution in [0.5, 0.6) is 5.75 Å². The number of unbranched alkanes of at least 4 members (excludes halogenated alkanes) is 5. The summed E-state index contributed by atoms with van der Waals surface area (Å²) >= 11 is 5.29. The summed E-state index contributed by atoms with van der Waals surface area (Å²) in [6.45, 7) is 0.807. The van der Waals surface area contributed by atoms with Gasteiger partial charge in [-0.1, -0.05) is 65.5 Å². The highest BCUT2D eigenvalue weighted by Gasteiger charge is 2.15. The molecule has 2 aromatic carbocycles. The first-order chi connectivity index (χ1) is 11.9. The van der Waals surface area contributed by atoms with Crippen LogP contribution in [0, 0.1) is 0 Å². The molecule has 24 heavy (non-hydrogen) atoms. The highest BCUT2D eigenvalue weighted by molar-refractivity contribution is 9.09. The molecule has 128 valence electrons. The molecular weight excluding hydrogens is 382 g/mol. The minimum Gasteiger partial charge on any atom is -0.494 e. The van der Waals surface area contributed by atoms with Crippen LogP contribution in [0.25, 0.3) is 0 Å². The summed E-state index contributed by atoms with van der Waals surface area (Å²) in [4.78, 5) is 2.53. The largest absolute Gasteiger partial charge is 0.494 e. The summed E-state index contributed by atoms with van der Waals surface area (Å²) < 4.78 is 5.93. The molecule has 4 heteroatoms. The van der Waals surface area contributed by atoms with E-state index >= 15 is 0 Å². The molecule has 1 heterocycles. The number of ether oxygens (including phenoxy) is 1. The lowest BCUT2D eigenvalue weighted by atomic mass is 10.1. The Morgan fingerprint density at radius 3 is 2.46 bits per heavy atom. The van der Waals surface area contributed by atoms with Crippen LogP contribution in [-0.4, -0.2) is 11.9 Å². The average Bonchev–Trinajstić information content (AvgIpc) is 2.62. The zero-order chi connectivity index (χ0) is 16.6. The lowest BCUT2D eigenvalue weighted by Gasteiger charge is -2.21. The second-order valence-electron chi connectivity index (χ2n) is 6.04. The van der Waals surface area contributed by atoms with E-state index in [1.807, 2.05) is 11.8 Å². The highest BCUT2D eigenvalue weighted by atomic mass is 79.9. The minimum atomic E-state index is 0.807. The second-order valence-corrected chi connectivity index (χ2v) is 7.92. The van der Waals surface area contributed by atoms with E-state index in [0.29, 0.717) is 0 Å². The Morgan fingerprint density at radius 1 is 0.833 bits per heavy atom. The van der Waals surface area contributed by atoms with Crippen LogP contribution in [0.2, 0.25) is 0 Å². The Kier molecular flexibility index (Phi) is 6.91. The molecule has 0 aromatic heterocycles. The molecule has 0 saturated heterocycles. The average molecular weight is 406 g/mol. The molecule has 0 spiro atoms. The number of fused-ring (bicyclic) bond motifs is 2. The predicted molar refractivity (Wildman–Crippen MR) is 107 cm³/mol. The molecule has 0 unspecified atom stereocenters. The zero-order valence-electron chi connectivity index (χ0n) is 13.9. The number of benzene rings is 2. The van der Waals surface area contributed by atoms with Gasteiger partial charge in [0.15, 0.2) is 0 Å². The summed E-state index contributed by atoms with van der Waals surface area (Å²) in [7, 11) is 0. The lowest BCUT2D eigenvalue weighted by Crippen LogP contribution is -2.01. The van der Waals surface area contributed by atoms with Gasteiger partial charge >= 0.3 is 0 Å². The maximum Gasteiger partial charge on any atom is 0.121 e. The number of hydrogen-bond acceptors (Lipinski definition) is 3. The number of alkyl halides is 1. The zero-order valence-corrected chi connectivity index (χ0v) is 16.3. The third kappa shape index (κ3) is 4.93. The van der Waals surface area contributed by atoms with Crippen molar-refractivity contribution < 1.29 is 4.74 Å². The first-order valence-electron chi connectivity index (χ1n) is 8.73. The van der Waals surface area contributed by atoms with Crippen LogP contribution in [-0.2, 0) is 0 Å². The molecule has 0 fully saturated rings. The fourth-order valence-electron chi connectivity index (χ4n) is 2.80. The summed E-state index contributed by atoms with van der Waals surface area (Å²) in [6, 6.07) is 14.8. The van der Waals surface area contributed by atoms with Crippen LogP contribution >= 0.6 is 27.7 Å². The fourth-order valence-corrected chi connectivity index (χ4v) is 4.17. The van der Waals surface area contributed by atoms with Gasteiger partial charge in [-0.05, 0) is 37.1 Å². The molecule has 0 radical (unpaired) electrons. The summed E-state index contributed by atoms with van der Waals surface area (Å²) in [5.41, 5.74) is 2.32. The van der Waals surface area contributed by atoms with Crippen molar-refractivity contribution in [1.82, 2.24) is 0 Å². The SMILES string of the molecule is BrCCCCCCCCOc1ccc2c(c1)Nc1ccccc1S2. The number of para-hydroxylation sites is 1. The molecule has 1 N–H and O–H groups in total. The van der Waals surface area contributed by atoms with E-state index < -0.39 is 0 Å². The van der Waals surface area contributed by atoms with Crippen molar-refractivity contribution in [3.63, 3.8) is 0 Å². The summed E-state index contributed by atoms with van der Waals surface area (Å²) in [5, 5.41) is 4.64. The first-order valence-corrected chi connectivity index (χ1v) is 10.7. The minimum absolute atomic E-state index is 0.807. The third-order valence-electron chi connectivity index (χ3n) is 4.12. The summed E-state index contributed by atoms with van der Waals surface area (Å²) in [6.07, 6.45) is 7.67. The highest BCUT2D eigenvalue weighted by Crippen LogP contribution is 2.44. The van der Waals surface area contributed by atoms with Gasteiger partial charge in [-0.25, -0.2) is 0 Å². The van der Waals surface area contributed by atoms with Gasteiger partial charge in [-0.15, -0.1) is 0 Å². The molecular formula is C20H24BrNOS. The molecule has 0 saturated carbocycles. The Bertz CT molecular complexity index is 662. The molecule has 1 aliphatic rings. The van der Waals surface area contributed by atoms with Gasteiger partial charge in [-0.2, -0.15) is 0 Å². The van der Waals surface area contributed by atoms with Crippen molar-refractivity contribution >= 4 is 39.1 Å². The molecule has 2 aromatic rings. The van der Waals surface area contributed by atoms with Gasteiger partial charge in [0.2, 0.25) is 0 Å². The van der Waals surface area contributed by atoms with Crippen molar-refractivity contribution in [2.75, 3.05) is 17.3 Å². The Balaban J connectivity index is 1.44. The van der Waals surface area contributed by atoms with Crippen molar-refractivity contribution in [2.24, 2.45) is 0 Å². The van der Waals surface area contributed by atoms with E-state index in [2.05, 4.69) is 63.7 Å². The number of nitrogens with one attached hydrogen (secondary N) is 1. The molecule has 0 aliphatic carbocycles. The lowest BCUT2D eigenvalue weighted by molar-refractivity contribution is 0.304. The van der Waals surface area contributed by atoms with Crippen LogP contribution in [0.4, 0.5) is 11.4 Å². The van der Waals surface area contributed by atoms with E-state index in [9.17, 15) is 0 Å². The standard InChI is InChI=1S/C20H24BrNOS/c21-13-7-3-1-2-4-8-14-23-16-11-12-20-18(15-16)22-17-9-5-6-10-19(17)24-20/h5-6,9-12,15,22H,1-4,7-8,13-14H2. The Morgan fingerprint density at radius 2 is 1.58 bits per heavy atom. The number of hydrogen-bond donors (Lipinski definition) is 1. The van der Waals surface area contributed by atoms with E-state index in [4.69, 9.17) is 4.74 Å². The Hall–Kier alpha value is -1.13. The van der Waals surface area contributed by atoms with Crippen LogP contribution in [0.15, 0.2) is 52.3 Å². The van der Waals surface area contributed by atoms with Gasteiger partial charge in [0.25, 0.3) is 0 Å². The van der Waals surface area contributed by atoms with Crippen LogP contribution in [0.3, 0.4) is 0 Å². The Labute approximate surface area is 157 Å². The first kappa shape index (κ1) is 17.7. The van der Waals surface area contributed by atoms with Crippen molar-refractivity contribution in [3.8, 4) is 5.75 Å². The maximum absolute atomic E-state index is 5.93. The number of anilines is 2. The van der Waals surface area contributed by atoms with Gasteiger partial charge in [0, 0.05) is 21.2 Å². The van der Waals surface area contributed by atoms with Crippen LogP contribution in [0.1, 0.15) is 38.5 Å². The topological polar surface area (TPSA) is 21.3 Å². The molecule has 1 aliphatic heterocycles. The van der Waals surface area contributed by atoms with E-state index in [1.165, 1.54) is 47.6 Å². The molecule has 0 bridgehead atoms. The molecule has 0 amide bonds. The monoisotopic (exact) mass is 405 g/mol. The van der Waals surface area contributed by atoms with Gasteiger partial charge in [0.1, 0.15) is 5.75 Å². The predicted octanol–water partition coefficient (Wildman–Crippen LogP) is 7.01. The smallest absolute Gasteiger partial charge is 0.121 e. The second kappa shape index (κ2) is 9.38. The van der Waals surface area contributed by atoms with Gasteiger partial charge < -0.3 is 10.1 Å². The quantitative estimate of drug-likeness (QED) is 0.305. The van der Waals surface area contributed by atoms with Crippen molar-refractivity contribution in [3.05, 3.63) is 42.5 Å². The van der Waals surface area contributed by atoms with E-state index in [-0.39, 0.29) is 0 Å².